The highest BCUT2D eigenvalue weighted by molar-refractivity contribution is 5.97. The molecule has 8 rings (SSSR count). The molecule has 1 spiro atoms. The molecule has 1 atom stereocenters. The van der Waals surface area contributed by atoms with Crippen molar-refractivity contribution in [3.05, 3.63) is 154 Å². The van der Waals surface area contributed by atoms with Gasteiger partial charge in [0.2, 0.25) is 5.91 Å². The van der Waals surface area contributed by atoms with Gasteiger partial charge < -0.3 is 33.8 Å². The Labute approximate surface area is 335 Å². The number of fused-ring (bicyclic) bond motifs is 8. The lowest BCUT2D eigenvalue weighted by Gasteiger charge is -2.36. The Kier molecular flexibility index (Phi) is 11.5. The van der Waals surface area contributed by atoms with Gasteiger partial charge in [0, 0.05) is 73.2 Å². The fourth-order valence-corrected chi connectivity index (χ4v) is 7.19. The second-order valence-corrected chi connectivity index (χ2v) is 13.9. The van der Waals surface area contributed by atoms with Crippen molar-refractivity contribution in [2.45, 2.75) is 51.7 Å². The monoisotopic (exact) mass is 777 g/mol. The molecule has 2 aliphatic heterocycles. The molecule has 1 aliphatic carbocycles. The second-order valence-electron chi connectivity index (χ2n) is 13.9. The van der Waals surface area contributed by atoms with Gasteiger partial charge in [0.05, 0.1) is 11.7 Å². The molecule has 292 valence electrons. The van der Waals surface area contributed by atoms with E-state index < -0.39 is 23.5 Å². The normalized spacial score (nSPS) is 14.6. The number of ketones is 1. The standard InChI is InChI=1S/C24H16O7.C23H23NO3/c1-13(25)28-15-7-9-19-21(11-15)30-22-12-16(29-14(2)26)8-10-20(22)24(19)18-6-4-3-5-17(18)23(27)31-24;1-17(25)7-6-14-24-23(26)16-27-22-15-20-10-3-2-8-18(20)12-13-19-9-4-5-11-21(19)22/h3-12H,1-2H3;2-5,8-11,22H,6-7,14-16H2,1H3,(H,24,26). The number of nitrogens with one attached hydrogen (secondary N) is 1. The minimum atomic E-state index is -1.25. The minimum Gasteiger partial charge on any atom is -0.456 e. The van der Waals surface area contributed by atoms with Gasteiger partial charge in [-0.05, 0) is 66.9 Å². The van der Waals surface area contributed by atoms with Gasteiger partial charge in [-0.15, -0.1) is 0 Å². The van der Waals surface area contributed by atoms with Crippen molar-refractivity contribution in [3.63, 3.8) is 0 Å². The van der Waals surface area contributed by atoms with Gasteiger partial charge in [0.1, 0.15) is 35.4 Å². The summed E-state index contributed by atoms with van der Waals surface area (Å²) in [5, 5.41) is 2.80. The van der Waals surface area contributed by atoms with Crippen LogP contribution in [0, 0.1) is 11.8 Å². The topological polar surface area (TPSA) is 144 Å². The molecule has 0 bridgehead atoms. The number of carbonyl (C=O) groups is 5. The summed E-state index contributed by atoms with van der Waals surface area (Å²) in [6, 6.07) is 32.9. The van der Waals surface area contributed by atoms with E-state index >= 15 is 0 Å². The van der Waals surface area contributed by atoms with E-state index in [2.05, 4.69) is 23.2 Å². The third-order valence-electron chi connectivity index (χ3n) is 9.69. The third kappa shape index (κ3) is 8.38. The molecule has 0 saturated carbocycles. The molecule has 1 unspecified atom stereocenters. The second kappa shape index (κ2) is 17.0. The number of hydrogen-bond acceptors (Lipinski definition) is 10. The first-order valence-corrected chi connectivity index (χ1v) is 18.7. The van der Waals surface area contributed by atoms with Gasteiger partial charge in [-0.2, -0.15) is 0 Å². The number of rotatable bonds is 9. The van der Waals surface area contributed by atoms with Gasteiger partial charge in [-0.25, -0.2) is 4.79 Å². The fourth-order valence-electron chi connectivity index (χ4n) is 7.19. The smallest absolute Gasteiger partial charge is 0.340 e. The maximum atomic E-state index is 12.8. The van der Waals surface area contributed by atoms with E-state index in [0.29, 0.717) is 71.1 Å². The number of carbonyl (C=O) groups excluding carboxylic acids is 5. The van der Waals surface area contributed by atoms with Crippen LogP contribution in [0.5, 0.6) is 23.0 Å². The van der Waals surface area contributed by atoms with Crippen LogP contribution in [-0.2, 0) is 40.7 Å². The minimum absolute atomic E-state index is 0.0192. The average molecular weight is 778 g/mol. The predicted octanol–water partition coefficient (Wildman–Crippen LogP) is 7.29. The summed E-state index contributed by atoms with van der Waals surface area (Å²) in [5.41, 5.74) is 5.10. The molecule has 0 saturated heterocycles. The average Bonchev–Trinajstić information content (AvgIpc) is 3.48. The van der Waals surface area contributed by atoms with Crippen molar-refractivity contribution in [3.8, 4) is 34.8 Å². The lowest BCUT2D eigenvalue weighted by molar-refractivity contribution is -0.132. The van der Waals surface area contributed by atoms with E-state index in [1.54, 1.807) is 55.5 Å². The fraction of sp³-hybridized carbons (Fsp3) is 0.213. The Morgan fingerprint density at radius 3 is 2.02 bits per heavy atom. The molecule has 11 nitrogen and oxygen atoms in total. The molecule has 5 aromatic rings. The molecule has 3 aliphatic rings. The van der Waals surface area contributed by atoms with E-state index in [0.717, 1.165) is 22.3 Å². The number of hydrogen-bond donors (Lipinski definition) is 1. The van der Waals surface area contributed by atoms with Crippen LogP contribution in [0.4, 0.5) is 0 Å². The van der Waals surface area contributed by atoms with Gasteiger partial charge in [0.25, 0.3) is 0 Å². The maximum Gasteiger partial charge on any atom is 0.340 e. The van der Waals surface area contributed by atoms with Crippen molar-refractivity contribution >= 4 is 29.6 Å². The highest BCUT2D eigenvalue weighted by Crippen LogP contribution is 2.57. The molecular weight excluding hydrogens is 739 g/mol. The van der Waals surface area contributed by atoms with Crippen LogP contribution in [0.15, 0.2) is 109 Å². The number of amides is 1. The third-order valence-corrected chi connectivity index (χ3v) is 9.69. The van der Waals surface area contributed by atoms with Crippen molar-refractivity contribution < 1.29 is 47.7 Å². The van der Waals surface area contributed by atoms with Gasteiger partial charge in [0.15, 0.2) is 5.60 Å². The summed E-state index contributed by atoms with van der Waals surface area (Å²) < 4.78 is 28.5. The zero-order valence-electron chi connectivity index (χ0n) is 32.1. The number of benzene rings is 5. The Hall–Kier alpha value is -7.03. The van der Waals surface area contributed by atoms with Gasteiger partial charge in [-0.1, -0.05) is 66.4 Å². The highest BCUT2D eigenvalue weighted by atomic mass is 16.6. The van der Waals surface area contributed by atoms with Crippen molar-refractivity contribution in [2.75, 3.05) is 13.2 Å². The molecular formula is C47H39NO10. The molecule has 0 fully saturated rings. The lowest BCUT2D eigenvalue weighted by Crippen LogP contribution is -2.33. The Morgan fingerprint density at radius 1 is 0.741 bits per heavy atom. The van der Waals surface area contributed by atoms with Crippen molar-refractivity contribution in [1.82, 2.24) is 5.32 Å². The first kappa shape index (κ1) is 39.2. The Morgan fingerprint density at radius 2 is 1.34 bits per heavy atom. The summed E-state index contributed by atoms with van der Waals surface area (Å²) in [5.74, 6) is 6.32. The van der Waals surface area contributed by atoms with Gasteiger partial charge >= 0.3 is 17.9 Å². The SMILES string of the molecule is CC(=O)CCCNC(=O)COC1Cc2ccccc2C#Cc2ccccc21.CC(=O)Oc1ccc2c(c1)Oc1cc(OC(C)=O)ccc1C21OC(=O)c2ccccc21. The van der Waals surface area contributed by atoms with Crippen molar-refractivity contribution in [2.24, 2.45) is 0 Å². The van der Waals surface area contributed by atoms with E-state index in [-0.39, 0.29) is 24.4 Å². The van der Waals surface area contributed by atoms with E-state index in [9.17, 15) is 24.0 Å². The van der Waals surface area contributed by atoms with E-state index in [4.69, 9.17) is 23.7 Å². The van der Waals surface area contributed by atoms with Crippen LogP contribution in [0.2, 0.25) is 0 Å². The summed E-state index contributed by atoms with van der Waals surface area (Å²) in [6.45, 7) is 4.62. The zero-order chi connectivity index (χ0) is 40.8. The molecule has 1 N–H and O–H groups in total. The Bertz CT molecular complexity index is 2450. The molecule has 11 heteroatoms. The van der Waals surface area contributed by atoms with Crippen LogP contribution < -0.4 is 19.5 Å². The summed E-state index contributed by atoms with van der Waals surface area (Å²) in [4.78, 5) is 58.6. The lowest BCUT2D eigenvalue weighted by atomic mass is 9.77. The number of ether oxygens (including phenoxy) is 5. The highest BCUT2D eigenvalue weighted by Gasteiger charge is 2.53. The molecule has 0 aromatic heterocycles. The van der Waals surface area contributed by atoms with E-state index in [1.165, 1.54) is 13.8 Å². The van der Waals surface area contributed by atoms with Crippen LogP contribution in [0.3, 0.4) is 0 Å². The largest absolute Gasteiger partial charge is 0.456 e. The molecule has 2 heterocycles. The zero-order valence-corrected chi connectivity index (χ0v) is 32.1. The molecule has 0 radical (unpaired) electrons. The Balaban J connectivity index is 0.000000179. The quantitative estimate of drug-likeness (QED) is 0.0702. The van der Waals surface area contributed by atoms with Crippen LogP contribution >= 0.6 is 0 Å². The molecule has 1 amide bonds. The van der Waals surface area contributed by atoms with Crippen molar-refractivity contribution in [1.29, 1.82) is 0 Å². The predicted molar refractivity (Wildman–Crippen MR) is 212 cm³/mol. The maximum absolute atomic E-state index is 12.8. The number of Topliss-reactive ketones (excluding diaryl/α,β-unsaturated/α-hetero) is 1. The first-order chi connectivity index (χ1) is 28.0. The summed E-state index contributed by atoms with van der Waals surface area (Å²) >= 11 is 0. The summed E-state index contributed by atoms with van der Waals surface area (Å²) in [7, 11) is 0. The van der Waals surface area contributed by atoms with Crippen LogP contribution in [-0.4, -0.2) is 42.7 Å². The molecule has 5 aromatic carbocycles. The van der Waals surface area contributed by atoms with E-state index in [1.807, 2.05) is 54.6 Å². The molecule has 58 heavy (non-hydrogen) atoms. The number of esters is 3. The first-order valence-electron chi connectivity index (χ1n) is 18.7. The van der Waals surface area contributed by atoms with Crippen LogP contribution in [0.1, 0.15) is 89.0 Å². The van der Waals surface area contributed by atoms with Gasteiger partial charge in [-0.3, -0.25) is 14.4 Å². The summed E-state index contributed by atoms with van der Waals surface area (Å²) in [6.07, 6.45) is 1.56. The van der Waals surface area contributed by atoms with Crippen LogP contribution in [0.25, 0.3) is 0 Å².